The van der Waals surface area contributed by atoms with Crippen LogP contribution in [-0.4, -0.2) is 40.1 Å². The first-order chi connectivity index (χ1) is 10.8. The Balaban J connectivity index is 2.24. The lowest BCUT2D eigenvalue weighted by molar-refractivity contribution is -0.384. The molecule has 0 saturated carbocycles. The Kier molecular flexibility index (Phi) is 4.80. The molecule has 1 fully saturated rings. The molecule has 1 heterocycles. The molecular weight excluding hydrogens is 324 g/mol. The number of nitrogens with zero attached hydrogens (tertiary/aromatic N) is 2. The largest absolute Gasteiger partial charge is 0.467 e. The Bertz CT molecular complexity index is 712. The van der Waals surface area contributed by atoms with Crippen LogP contribution in [0.2, 0.25) is 0 Å². The molecule has 0 aromatic heterocycles. The Hall–Kier alpha value is -2.68. The summed E-state index contributed by atoms with van der Waals surface area (Å²) >= 11 is 0.700. The number of benzene rings is 1. The average Bonchev–Trinajstić information content (AvgIpc) is 2.80. The van der Waals surface area contributed by atoms with Gasteiger partial charge in [-0.05, 0) is 42.5 Å². The van der Waals surface area contributed by atoms with Crippen molar-refractivity contribution in [3.05, 3.63) is 44.8 Å². The first kappa shape index (κ1) is 16.7. The number of thioether (sulfide) groups is 1. The zero-order valence-electron chi connectivity index (χ0n) is 12.2. The van der Waals surface area contributed by atoms with E-state index in [2.05, 4.69) is 4.74 Å². The van der Waals surface area contributed by atoms with Crippen molar-refractivity contribution in [2.75, 3.05) is 7.11 Å². The zero-order valence-corrected chi connectivity index (χ0v) is 13.0. The van der Waals surface area contributed by atoms with E-state index in [0.29, 0.717) is 17.3 Å². The maximum atomic E-state index is 12.3. The van der Waals surface area contributed by atoms with Crippen LogP contribution in [0.4, 0.5) is 10.5 Å². The fourth-order valence-electron chi connectivity index (χ4n) is 1.93. The van der Waals surface area contributed by atoms with E-state index >= 15 is 0 Å². The third kappa shape index (κ3) is 3.39. The van der Waals surface area contributed by atoms with Gasteiger partial charge in [0, 0.05) is 12.1 Å². The van der Waals surface area contributed by atoms with Gasteiger partial charge < -0.3 is 4.74 Å². The molecule has 1 unspecified atom stereocenters. The molecule has 1 aromatic carbocycles. The molecule has 2 rings (SSSR count). The van der Waals surface area contributed by atoms with Crippen molar-refractivity contribution in [1.82, 2.24) is 4.90 Å². The van der Waals surface area contributed by atoms with Crippen LogP contribution in [0.15, 0.2) is 29.2 Å². The highest BCUT2D eigenvalue weighted by atomic mass is 32.2. The predicted octanol–water partition coefficient (Wildman–Crippen LogP) is 2.19. The number of carbonyl (C=O) groups excluding carboxylic acids is 3. The van der Waals surface area contributed by atoms with Crippen LogP contribution in [0.25, 0.3) is 6.08 Å². The minimum Gasteiger partial charge on any atom is -0.467 e. The monoisotopic (exact) mass is 336 g/mol. The molecule has 0 bridgehead atoms. The van der Waals surface area contributed by atoms with E-state index in [0.717, 1.165) is 4.90 Å². The summed E-state index contributed by atoms with van der Waals surface area (Å²) in [5.41, 5.74) is 0.460. The van der Waals surface area contributed by atoms with Gasteiger partial charge >= 0.3 is 5.97 Å². The fraction of sp³-hybridized carbons (Fsp3) is 0.214. The van der Waals surface area contributed by atoms with Crippen molar-refractivity contribution in [2.24, 2.45) is 0 Å². The maximum absolute atomic E-state index is 12.3. The van der Waals surface area contributed by atoms with Crippen LogP contribution in [0.5, 0.6) is 0 Å². The number of carbonyl (C=O) groups is 3. The van der Waals surface area contributed by atoms with E-state index in [1.165, 1.54) is 44.4 Å². The van der Waals surface area contributed by atoms with Crippen molar-refractivity contribution in [3.63, 3.8) is 0 Å². The quantitative estimate of drug-likeness (QED) is 0.359. The van der Waals surface area contributed by atoms with E-state index < -0.39 is 28.1 Å². The number of hydrogen-bond donors (Lipinski definition) is 0. The van der Waals surface area contributed by atoms with E-state index in [1.807, 2.05) is 0 Å². The minimum atomic E-state index is -1.02. The number of nitro groups is 1. The highest BCUT2D eigenvalue weighted by Crippen LogP contribution is 2.33. The highest BCUT2D eigenvalue weighted by molar-refractivity contribution is 8.18. The van der Waals surface area contributed by atoms with Gasteiger partial charge in [0.15, 0.2) is 0 Å². The van der Waals surface area contributed by atoms with Gasteiger partial charge in [0.05, 0.1) is 16.9 Å². The fourth-order valence-corrected chi connectivity index (χ4v) is 2.84. The molecule has 9 heteroatoms. The molecule has 8 nitrogen and oxygen atoms in total. The summed E-state index contributed by atoms with van der Waals surface area (Å²) in [5, 5.41) is 10.0. The number of imide groups is 1. The smallest absolute Gasteiger partial charge is 0.328 e. The van der Waals surface area contributed by atoms with Crippen LogP contribution in [0.1, 0.15) is 12.5 Å². The Morgan fingerprint density at radius 1 is 1.35 bits per heavy atom. The summed E-state index contributed by atoms with van der Waals surface area (Å²) in [7, 11) is 1.17. The third-order valence-electron chi connectivity index (χ3n) is 3.15. The van der Waals surface area contributed by atoms with Crippen molar-refractivity contribution >= 4 is 40.6 Å². The summed E-state index contributed by atoms with van der Waals surface area (Å²) in [4.78, 5) is 46.7. The first-order valence-electron chi connectivity index (χ1n) is 6.44. The van der Waals surface area contributed by atoms with Gasteiger partial charge in [0.2, 0.25) is 0 Å². The normalized spacial score (nSPS) is 17.5. The molecule has 1 aliphatic rings. The SMILES string of the molecule is COC(=O)C(C)N1C(=O)S/C(=C/c2ccc([N+](=O)[O-])cc2)C1=O. The zero-order chi connectivity index (χ0) is 17.1. The number of non-ortho nitro benzene ring substituents is 1. The lowest BCUT2D eigenvalue weighted by atomic mass is 10.2. The standard InChI is InChI=1S/C14H12N2O6S/c1-8(13(18)22-2)15-12(17)11(23-14(15)19)7-9-3-5-10(6-4-9)16(20)21/h3-8H,1-2H3/b11-7+. The van der Waals surface area contributed by atoms with Gasteiger partial charge in [-0.1, -0.05) is 0 Å². The molecule has 0 aliphatic carbocycles. The lowest BCUT2D eigenvalue weighted by Gasteiger charge is -2.18. The summed E-state index contributed by atoms with van der Waals surface area (Å²) < 4.78 is 4.53. The second kappa shape index (κ2) is 6.61. The molecule has 23 heavy (non-hydrogen) atoms. The van der Waals surface area contributed by atoms with Crippen molar-refractivity contribution < 1.29 is 24.0 Å². The van der Waals surface area contributed by atoms with Crippen LogP contribution in [0.3, 0.4) is 0 Å². The number of hydrogen-bond acceptors (Lipinski definition) is 7. The van der Waals surface area contributed by atoms with E-state index in [9.17, 15) is 24.5 Å². The molecule has 1 atom stereocenters. The van der Waals surface area contributed by atoms with Crippen LogP contribution < -0.4 is 0 Å². The topological polar surface area (TPSA) is 107 Å². The lowest BCUT2D eigenvalue weighted by Crippen LogP contribution is -2.42. The third-order valence-corrected chi connectivity index (χ3v) is 4.04. The molecular formula is C14H12N2O6S. The van der Waals surface area contributed by atoms with Gasteiger partial charge in [0.1, 0.15) is 6.04 Å². The summed E-state index contributed by atoms with van der Waals surface area (Å²) in [6, 6.07) is 4.52. The predicted molar refractivity (Wildman–Crippen MR) is 82.4 cm³/mol. The average molecular weight is 336 g/mol. The maximum Gasteiger partial charge on any atom is 0.328 e. The second-order valence-corrected chi connectivity index (χ2v) is 5.59. The molecule has 1 saturated heterocycles. The molecule has 120 valence electrons. The second-order valence-electron chi connectivity index (χ2n) is 4.60. The number of methoxy groups -OCH3 is 1. The number of amides is 2. The van der Waals surface area contributed by atoms with Gasteiger partial charge in [-0.3, -0.25) is 24.6 Å². The van der Waals surface area contributed by atoms with E-state index in [1.54, 1.807) is 0 Å². The van der Waals surface area contributed by atoms with Gasteiger partial charge in [0.25, 0.3) is 16.8 Å². The molecule has 2 amide bonds. The summed E-state index contributed by atoms with van der Waals surface area (Å²) in [6.45, 7) is 1.40. The molecule has 0 spiro atoms. The van der Waals surface area contributed by atoms with Crippen molar-refractivity contribution in [1.29, 1.82) is 0 Å². The van der Waals surface area contributed by atoms with Gasteiger partial charge in [-0.15, -0.1) is 0 Å². The van der Waals surface area contributed by atoms with Gasteiger partial charge in [-0.25, -0.2) is 4.79 Å². The van der Waals surface area contributed by atoms with Crippen molar-refractivity contribution in [3.8, 4) is 0 Å². The van der Waals surface area contributed by atoms with E-state index in [4.69, 9.17) is 0 Å². The minimum absolute atomic E-state index is 0.0745. The van der Waals surface area contributed by atoms with Gasteiger partial charge in [-0.2, -0.15) is 0 Å². The first-order valence-corrected chi connectivity index (χ1v) is 7.26. The van der Waals surface area contributed by atoms with Crippen LogP contribution in [0, 0.1) is 10.1 Å². The number of nitro benzene ring substituents is 1. The van der Waals surface area contributed by atoms with Crippen LogP contribution in [-0.2, 0) is 14.3 Å². The number of rotatable bonds is 4. The Morgan fingerprint density at radius 2 is 1.96 bits per heavy atom. The summed E-state index contributed by atoms with van der Waals surface area (Å²) in [6.07, 6.45) is 1.44. The molecule has 0 N–H and O–H groups in total. The number of esters is 1. The highest BCUT2D eigenvalue weighted by Gasteiger charge is 2.41. The van der Waals surface area contributed by atoms with Crippen molar-refractivity contribution in [2.45, 2.75) is 13.0 Å². The summed E-state index contributed by atoms with van der Waals surface area (Å²) in [5.74, 6) is -1.29. The van der Waals surface area contributed by atoms with Crippen LogP contribution >= 0.6 is 11.8 Å². The molecule has 1 aromatic rings. The Labute approximate surface area is 135 Å². The molecule has 0 radical (unpaired) electrons. The molecule has 1 aliphatic heterocycles. The van der Waals surface area contributed by atoms with E-state index in [-0.39, 0.29) is 10.6 Å². The number of ether oxygens (including phenoxy) is 1. The Morgan fingerprint density at radius 3 is 2.48 bits per heavy atom.